The fourth-order valence-corrected chi connectivity index (χ4v) is 1.48. The van der Waals surface area contributed by atoms with Crippen molar-refractivity contribution < 1.29 is 0 Å². The molecule has 1 aromatic heterocycles. The van der Waals surface area contributed by atoms with E-state index in [1.54, 1.807) is 6.20 Å². The van der Waals surface area contributed by atoms with Crippen molar-refractivity contribution in [1.29, 1.82) is 0 Å². The van der Waals surface area contributed by atoms with Gasteiger partial charge in [0.2, 0.25) is 0 Å². The van der Waals surface area contributed by atoms with Gasteiger partial charge in [-0.2, -0.15) is 0 Å². The van der Waals surface area contributed by atoms with E-state index in [0.29, 0.717) is 10.7 Å². The van der Waals surface area contributed by atoms with Crippen molar-refractivity contribution in [2.24, 2.45) is 5.73 Å². The lowest BCUT2D eigenvalue weighted by Gasteiger charge is -2.02. The Bertz CT molecular complexity index is 460. The van der Waals surface area contributed by atoms with Gasteiger partial charge in [0.05, 0.1) is 0 Å². The number of thiocarbonyl (C=S) groups is 1. The molecule has 3 heteroatoms. The van der Waals surface area contributed by atoms with Crippen molar-refractivity contribution in [2.45, 2.75) is 0 Å². The summed E-state index contributed by atoms with van der Waals surface area (Å²) in [5.74, 6) is 0. The van der Waals surface area contributed by atoms with Gasteiger partial charge in [-0.3, -0.25) is 4.98 Å². The zero-order valence-electron chi connectivity index (χ0n) is 6.90. The Balaban J connectivity index is 2.83. The SMILES string of the molecule is NC(=S)c1nccc2ccccc12. The molecule has 0 aliphatic carbocycles. The van der Waals surface area contributed by atoms with E-state index in [1.165, 1.54) is 0 Å². The Morgan fingerprint density at radius 3 is 2.77 bits per heavy atom. The summed E-state index contributed by atoms with van der Waals surface area (Å²) >= 11 is 4.90. The maximum Gasteiger partial charge on any atom is 0.123 e. The van der Waals surface area contributed by atoms with E-state index < -0.39 is 0 Å². The highest BCUT2D eigenvalue weighted by atomic mass is 32.1. The van der Waals surface area contributed by atoms with E-state index in [1.807, 2.05) is 30.3 Å². The fourth-order valence-electron chi connectivity index (χ4n) is 1.32. The van der Waals surface area contributed by atoms with E-state index in [-0.39, 0.29) is 0 Å². The summed E-state index contributed by atoms with van der Waals surface area (Å²) in [6.07, 6.45) is 1.72. The molecule has 64 valence electrons. The largest absolute Gasteiger partial charge is 0.388 e. The lowest BCUT2D eigenvalue weighted by atomic mass is 10.1. The molecule has 2 nitrogen and oxygen atoms in total. The monoisotopic (exact) mass is 188 g/mol. The Morgan fingerprint density at radius 1 is 1.23 bits per heavy atom. The maximum absolute atomic E-state index is 5.55. The number of hydrogen-bond acceptors (Lipinski definition) is 2. The van der Waals surface area contributed by atoms with Crippen LogP contribution >= 0.6 is 12.2 Å². The molecule has 2 aromatic rings. The van der Waals surface area contributed by atoms with E-state index in [9.17, 15) is 0 Å². The second kappa shape index (κ2) is 3.11. The quantitative estimate of drug-likeness (QED) is 0.694. The number of nitrogens with two attached hydrogens (primary N) is 1. The van der Waals surface area contributed by atoms with Crippen LogP contribution < -0.4 is 5.73 Å². The van der Waals surface area contributed by atoms with Gasteiger partial charge in [0.15, 0.2) is 0 Å². The average molecular weight is 188 g/mol. The maximum atomic E-state index is 5.55. The second-order valence-corrected chi connectivity index (χ2v) is 3.18. The highest BCUT2D eigenvalue weighted by Crippen LogP contribution is 2.15. The minimum Gasteiger partial charge on any atom is -0.388 e. The predicted molar refractivity (Wildman–Crippen MR) is 57.6 cm³/mol. The minimum atomic E-state index is 0.344. The van der Waals surface area contributed by atoms with Crippen molar-refractivity contribution in [1.82, 2.24) is 4.98 Å². The molecular formula is C10H8N2S. The highest BCUT2D eigenvalue weighted by molar-refractivity contribution is 7.80. The van der Waals surface area contributed by atoms with Gasteiger partial charge in [-0.15, -0.1) is 0 Å². The first-order chi connectivity index (χ1) is 6.29. The summed E-state index contributed by atoms with van der Waals surface area (Å²) in [6.45, 7) is 0. The summed E-state index contributed by atoms with van der Waals surface area (Å²) in [5, 5.41) is 2.12. The molecule has 0 radical (unpaired) electrons. The number of rotatable bonds is 1. The van der Waals surface area contributed by atoms with Crippen LogP contribution in [0.25, 0.3) is 10.8 Å². The van der Waals surface area contributed by atoms with Gasteiger partial charge in [0, 0.05) is 11.6 Å². The average Bonchev–Trinajstić information content (AvgIpc) is 2.17. The van der Waals surface area contributed by atoms with Gasteiger partial charge in [-0.1, -0.05) is 36.5 Å². The zero-order valence-corrected chi connectivity index (χ0v) is 7.71. The molecule has 0 aliphatic rings. The van der Waals surface area contributed by atoms with Crippen LogP contribution in [0.2, 0.25) is 0 Å². The topological polar surface area (TPSA) is 38.9 Å². The molecule has 1 heterocycles. The third-order valence-corrected chi connectivity index (χ3v) is 2.10. The minimum absolute atomic E-state index is 0.344. The molecule has 0 fully saturated rings. The molecule has 1 aromatic carbocycles. The van der Waals surface area contributed by atoms with Gasteiger partial charge in [-0.25, -0.2) is 0 Å². The van der Waals surface area contributed by atoms with Gasteiger partial charge in [0.25, 0.3) is 0 Å². The van der Waals surface area contributed by atoms with Crippen molar-refractivity contribution >= 4 is 28.0 Å². The molecule has 2 rings (SSSR count). The van der Waals surface area contributed by atoms with Crippen LogP contribution in [0.5, 0.6) is 0 Å². The summed E-state index contributed by atoms with van der Waals surface area (Å²) in [7, 11) is 0. The molecule has 0 unspecified atom stereocenters. The number of benzene rings is 1. The Morgan fingerprint density at radius 2 is 2.00 bits per heavy atom. The zero-order chi connectivity index (χ0) is 9.26. The Kier molecular flexibility index (Phi) is 1.94. The van der Waals surface area contributed by atoms with Crippen LogP contribution in [0, 0.1) is 0 Å². The van der Waals surface area contributed by atoms with Crippen molar-refractivity contribution in [3.8, 4) is 0 Å². The van der Waals surface area contributed by atoms with Gasteiger partial charge < -0.3 is 5.73 Å². The Hall–Kier alpha value is -1.48. The molecule has 0 saturated carbocycles. The number of hydrogen-bond donors (Lipinski definition) is 1. The number of pyridine rings is 1. The highest BCUT2D eigenvalue weighted by Gasteiger charge is 2.02. The first-order valence-electron chi connectivity index (χ1n) is 3.92. The molecule has 0 aliphatic heterocycles. The van der Waals surface area contributed by atoms with E-state index >= 15 is 0 Å². The summed E-state index contributed by atoms with van der Waals surface area (Å²) in [5.41, 5.74) is 6.25. The van der Waals surface area contributed by atoms with Gasteiger partial charge in [-0.05, 0) is 11.5 Å². The third-order valence-electron chi connectivity index (χ3n) is 1.91. The molecule has 2 N–H and O–H groups in total. The smallest absolute Gasteiger partial charge is 0.123 e. The lowest BCUT2D eigenvalue weighted by Crippen LogP contribution is -2.11. The first kappa shape index (κ1) is 8.13. The lowest BCUT2D eigenvalue weighted by molar-refractivity contribution is 1.33. The van der Waals surface area contributed by atoms with Gasteiger partial charge >= 0.3 is 0 Å². The van der Waals surface area contributed by atoms with Crippen LogP contribution in [0.1, 0.15) is 5.69 Å². The summed E-state index contributed by atoms with van der Waals surface area (Å²) in [6, 6.07) is 9.85. The molecule has 0 saturated heterocycles. The van der Waals surface area contributed by atoms with E-state index in [4.69, 9.17) is 18.0 Å². The molecule has 13 heavy (non-hydrogen) atoms. The van der Waals surface area contributed by atoms with Crippen LogP contribution in [0.3, 0.4) is 0 Å². The molecule has 0 spiro atoms. The van der Waals surface area contributed by atoms with E-state index in [0.717, 1.165) is 10.8 Å². The standard InChI is InChI=1S/C10H8N2S/c11-10(13)9-8-4-2-1-3-7(8)5-6-12-9/h1-6H,(H2,11,13). The molecule has 0 amide bonds. The van der Waals surface area contributed by atoms with Crippen LogP contribution in [0.15, 0.2) is 36.5 Å². The van der Waals surface area contributed by atoms with Crippen molar-refractivity contribution in [3.63, 3.8) is 0 Å². The first-order valence-corrected chi connectivity index (χ1v) is 4.33. The predicted octanol–water partition coefficient (Wildman–Crippen LogP) is 1.87. The van der Waals surface area contributed by atoms with Crippen molar-refractivity contribution in [3.05, 3.63) is 42.2 Å². The second-order valence-electron chi connectivity index (χ2n) is 2.74. The third kappa shape index (κ3) is 1.38. The number of nitrogens with zero attached hydrogens (tertiary/aromatic N) is 1. The number of aromatic nitrogens is 1. The van der Waals surface area contributed by atoms with Crippen LogP contribution in [0.4, 0.5) is 0 Å². The van der Waals surface area contributed by atoms with Gasteiger partial charge in [0.1, 0.15) is 10.7 Å². The summed E-state index contributed by atoms with van der Waals surface area (Å²) in [4.78, 5) is 4.48. The molecule has 0 atom stereocenters. The summed E-state index contributed by atoms with van der Waals surface area (Å²) < 4.78 is 0. The molecule has 0 bridgehead atoms. The molecular weight excluding hydrogens is 180 g/mol. The van der Waals surface area contributed by atoms with E-state index in [2.05, 4.69) is 4.98 Å². The number of fused-ring (bicyclic) bond motifs is 1. The Labute approximate surface area is 81.4 Å². The fraction of sp³-hybridized carbons (Fsp3) is 0. The van der Waals surface area contributed by atoms with Crippen LogP contribution in [-0.2, 0) is 0 Å². The van der Waals surface area contributed by atoms with Crippen molar-refractivity contribution in [2.75, 3.05) is 0 Å². The normalized spacial score (nSPS) is 10.2. The van der Waals surface area contributed by atoms with Crippen LogP contribution in [-0.4, -0.2) is 9.97 Å².